The minimum Gasteiger partial charge on any atom is -0.375 e. The van der Waals surface area contributed by atoms with E-state index in [0.717, 1.165) is 0 Å². The Morgan fingerprint density at radius 2 is 1.05 bits per heavy atom. The molecular weight excluding hydrogens is 296 g/mol. The maximum Gasteiger partial charge on any atom is 0.267 e. The van der Waals surface area contributed by atoms with Gasteiger partial charge in [-0.05, 0) is 40.5 Å². The minimum atomic E-state index is -4.10. The summed E-state index contributed by atoms with van der Waals surface area (Å²) in [4.78, 5) is 0. The number of ether oxygens (including phenoxy) is 1. The molecule has 0 aliphatic rings. The normalized spacial score (nSPS) is 19.7. The highest BCUT2D eigenvalue weighted by atomic mass is 32.2. The summed E-state index contributed by atoms with van der Waals surface area (Å²) in [6.45, 7) is 5.99. The standard InChI is InChI=1S/C10H22O7S2/c1-7(5-9(3)18(11,12)13)17-8(2)6-10(4)19(14,15)16/h7-10H,5-6H2,1-4H3,(H,11,12,13)(H,14,15,16). The van der Waals surface area contributed by atoms with Gasteiger partial charge in [0.2, 0.25) is 0 Å². The van der Waals surface area contributed by atoms with Crippen LogP contribution in [-0.4, -0.2) is 48.6 Å². The quantitative estimate of drug-likeness (QED) is 0.643. The summed E-state index contributed by atoms with van der Waals surface area (Å²) in [6, 6.07) is 0. The van der Waals surface area contributed by atoms with Gasteiger partial charge in [-0.3, -0.25) is 9.11 Å². The van der Waals surface area contributed by atoms with Crippen LogP contribution in [0.3, 0.4) is 0 Å². The van der Waals surface area contributed by atoms with Crippen LogP contribution in [0.4, 0.5) is 0 Å². The minimum absolute atomic E-state index is 0.101. The lowest BCUT2D eigenvalue weighted by molar-refractivity contribution is -0.000175. The van der Waals surface area contributed by atoms with Crippen molar-refractivity contribution in [1.82, 2.24) is 0 Å². The second-order valence-corrected chi connectivity index (χ2v) is 8.55. The zero-order valence-corrected chi connectivity index (χ0v) is 13.1. The summed E-state index contributed by atoms with van der Waals surface area (Å²) in [5, 5.41) is -1.90. The van der Waals surface area contributed by atoms with E-state index in [0.29, 0.717) is 0 Å². The van der Waals surface area contributed by atoms with Crippen LogP contribution >= 0.6 is 0 Å². The molecule has 0 amide bonds. The molecule has 4 atom stereocenters. The van der Waals surface area contributed by atoms with E-state index in [2.05, 4.69) is 0 Å². The lowest BCUT2D eigenvalue weighted by atomic mass is 10.2. The first-order chi connectivity index (χ1) is 8.34. The summed E-state index contributed by atoms with van der Waals surface area (Å²) >= 11 is 0. The molecule has 0 bridgehead atoms. The first-order valence-electron chi connectivity index (χ1n) is 5.92. The van der Waals surface area contributed by atoms with Gasteiger partial charge in [0, 0.05) is 0 Å². The van der Waals surface area contributed by atoms with E-state index in [9.17, 15) is 16.8 Å². The van der Waals surface area contributed by atoms with E-state index in [-0.39, 0.29) is 12.8 Å². The molecule has 0 aliphatic heterocycles. The Hall–Kier alpha value is -0.220. The van der Waals surface area contributed by atoms with Crippen LogP contribution in [0.15, 0.2) is 0 Å². The van der Waals surface area contributed by atoms with Crippen LogP contribution in [0, 0.1) is 0 Å². The number of hydrogen-bond donors (Lipinski definition) is 2. The second-order valence-electron chi connectivity index (χ2n) is 4.88. The van der Waals surface area contributed by atoms with Gasteiger partial charge in [0.25, 0.3) is 20.2 Å². The molecule has 0 rings (SSSR count). The molecule has 0 saturated heterocycles. The molecule has 7 nitrogen and oxygen atoms in total. The predicted octanol–water partition coefficient (Wildman–Crippen LogP) is 1.11. The van der Waals surface area contributed by atoms with Gasteiger partial charge in [-0.15, -0.1) is 0 Å². The molecule has 19 heavy (non-hydrogen) atoms. The largest absolute Gasteiger partial charge is 0.375 e. The maximum atomic E-state index is 10.8. The lowest BCUT2D eigenvalue weighted by Gasteiger charge is -2.22. The van der Waals surface area contributed by atoms with Crippen molar-refractivity contribution in [2.75, 3.05) is 0 Å². The molecular formula is C10H22O7S2. The van der Waals surface area contributed by atoms with Gasteiger partial charge in [-0.2, -0.15) is 16.8 Å². The first-order valence-corrected chi connectivity index (χ1v) is 8.92. The SMILES string of the molecule is CC(CC(C)S(=O)(=O)O)OC(C)CC(C)S(=O)(=O)O. The van der Waals surface area contributed by atoms with E-state index in [4.69, 9.17) is 13.8 Å². The molecule has 0 aromatic carbocycles. The summed E-state index contributed by atoms with van der Waals surface area (Å²) in [7, 11) is -8.19. The molecule has 0 fully saturated rings. The zero-order valence-electron chi connectivity index (χ0n) is 11.5. The Morgan fingerprint density at radius 1 is 0.789 bits per heavy atom. The fourth-order valence-corrected chi connectivity index (χ4v) is 2.71. The van der Waals surface area contributed by atoms with Crippen molar-refractivity contribution in [3.8, 4) is 0 Å². The Labute approximate surface area is 114 Å². The van der Waals surface area contributed by atoms with Crippen molar-refractivity contribution >= 4 is 20.2 Å². The monoisotopic (exact) mass is 318 g/mol. The Bertz CT molecular complexity index is 424. The van der Waals surface area contributed by atoms with E-state index < -0.39 is 42.9 Å². The molecule has 0 aromatic heterocycles. The fourth-order valence-electron chi connectivity index (χ4n) is 1.69. The molecule has 0 saturated carbocycles. The van der Waals surface area contributed by atoms with Gasteiger partial charge in [0.05, 0.1) is 22.7 Å². The third-order valence-electron chi connectivity index (χ3n) is 2.81. The van der Waals surface area contributed by atoms with Gasteiger partial charge >= 0.3 is 0 Å². The molecule has 4 unspecified atom stereocenters. The smallest absolute Gasteiger partial charge is 0.267 e. The van der Waals surface area contributed by atoms with E-state index in [1.54, 1.807) is 13.8 Å². The van der Waals surface area contributed by atoms with Crippen molar-refractivity contribution in [3.05, 3.63) is 0 Å². The average molecular weight is 318 g/mol. The molecule has 9 heteroatoms. The molecule has 2 N–H and O–H groups in total. The van der Waals surface area contributed by atoms with E-state index in [1.165, 1.54) is 13.8 Å². The first kappa shape index (κ1) is 18.8. The third-order valence-corrected chi connectivity index (χ3v) is 5.23. The van der Waals surface area contributed by atoms with Gasteiger partial charge < -0.3 is 4.74 Å². The van der Waals surface area contributed by atoms with Crippen molar-refractivity contribution in [1.29, 1.82) is 0 Å². The van der Waals surface area contributed by atoms with Crippen LogP contribution in [0.25, 0.3) is 0 Å². The van der Waals surface area contributed by atoms with Gasteiger partial charge in [0.1, 0.15) is 0 Å². The highest BCUT2D eigenvalue weighted by Gasteiger charge is 2.24. The molecule has 0 aromatic rings. The highest BCUT2D eigenvalue weighted by molar-refractivity contribution is 7.86. The van der Waals surface area contributed by atoms with Crippen molar-refractivity contribution in [3.63, 3.8) is 0 Å². The Balaban J connectivity index is 4.31. The Morgan fingerprint density at radius 3 is 1.26 bits per heavy atom. The average Bonchev–Trinajstić information content (AvgIpc) is 2.13. The molecule has 0 radical (unpaired) electrons. The van der Waals surface area contributed by atoms with Crippen LogP contribution in [0.2, 0.25) is 0 Å². The maximum absolute atomic E-state index is 10.8. The fraction of sp³-hybridized carbons (Fsp3) is 1.00. The van der Waals surface area contributed by atoms with Crippen molar-refractivity contribution in [2.24, 2.45) is 0 Å². The van der Waals surface area contributed by atoms with Crippen LogP contribution in [0.5, 0.6) is 0 Å². The van der Waals surface area contributed by atoms with Gasteiger partial charge in [-0.25, -0.2) is 0 Å². The Kier molecular flexibility index (Phi) is 6.90. The summed E-state index contributed by atoms with van der Waals surface area (Å²) in [5.41, 5.74) is 0. The van der Waals surface area contributed by atoms with Gasteiger partial charge in [-0.1, -0.05) is 0 Å². The number of rotatable bonds is 8. The van der Waals surface area contributed by atoms with Crippen LogP contribution in [0.1, 0.15) is 40.5 Å². The molecule has 0 aliphatic carbocycles. The van der Waals surface area contributed by atoms with E-state index in [1.807, 2.05) is 0 Å². The predicted molar refractivity (Wildman–Crippen MR) is 71.3 cm³/mol. The lowest BCUT2D eigenvalue weighted by Crippen LogP contribution is -2.29. The van der Waals surface area contributed by atoms with E-state index >= 15 is 0 Å². The summed E-state index contributed by atoms with van der Waals surface area (Å²) < 4.78 is 66.5. The molecule has 0 heterocycles. The number of hydrogen-bond acceptors (Lipinski definition) is 5. The van der Waals surface area contributed by atoms with Gasteiger partial charge in [0.15, 0.2) is 0 Å². The highest BCUT2D eigenvalue weighted by Crippen LogP contribution is 2.15. The molecule has 0 spiro atoms. The summed E-state index contributed by atoms with van der Waals surface area (Å²) in [5.74, 6) is 0. The summed E-state index contributed by atoms with van der Waals surface area (Å²) in [6.07, 6.45) is -0.714. The second kappa shape index (κ2) is 6.98. The van der Waals surface area contributed by atoms with Crippen LogP contribution in [-0.2, 0) is 25.0 Å². The molecule has 116 valence electrons. The van der Waals surface area contributed by atoms with Crippen LogP contribution < -0.4 is 0 Å². The topological polar surface area (TPSA) is 118 Å². The van der Waals surface area contributed by atoms with Crippen molar-refractivity contribution < 1.29 is 30.7 Å². The van der Waals surface area contributed by atoms with Crippen molar-refractivity contribution in [2.45, 2.75) is 63.2 Å². The third kappa shape index (κ3) is 7.83. The zero-order chi connectivity index (χ0) is 15.4.